The van der Waals surface area contributed by atoms with Gasteiger partial charge in [0.1, 0.15) is 0 Å². The van der Waals surface area contributed by atoms with Crippen molar-refractivity contribution in [3.8, 4) is 0 Å². The lowest BCUT2D eigenvalue weighted by atomic mass is 10.4. The number of hydrogen-bond acceptors (Lipinski definition) is 3. The van der Waals surface area contributed by atoms with Crippen LogP contribution in [-0.4, -0.2) is 25.0 Å². The molecule has 0 radical (unpaired) electrons. The summed E-state index contributed by atoms with van der Waals surface area (Å²) in [5, 5.41) is 9.14. The zero-order valence-electron chi connectivity index (χ0n) is 6.30. The van der Waals surface area contributed by atoms with E-state index in [1.54, 1.807) is 0 Å². The largest absolute Gasteiger partial charge is 0.370 e. The molecule has 0 aromatic heterocycles. The van der Waals surface area contributed by atoms with Crippen molar-refractivity contribution in [3.63, 3.8) is 0 Å². The highest BCUT2D eigenvalue weighted by atomic mass is 15.2. The lowest BCUT2D eigenvalue weighted by Gasteiger charge is -2.00. The molecular formula is C6H18N6. The Morgan fingerprint density at radius 1 is 1.42 bits per heavy atom. The molecule has 0 saturated carbocycles. The number of aliphatic imine (C=N–C) groups is 1. The van der Waals surface area contributed by atoms with Gasteiger partial charge < -0.3 is 17.2 Å². The topological polar surface area (TPSA) is 126 Å². The summed E-state index contributed by atoms with van der Waals surface area (Å²) in [5.74, 6) is -0.0510. The maximum Gasteiger partial charge on any atom is 0.195 e. The second-order valence-corrected chi connectivity index (χ2v) is 1.95. The van der Waals surface area contributed by atoms with Crippen LogP contribution in [0.15, 0.2) is 4.99 Å². The fourth-order valence-corrected chi connectivity index (χ4v) is 0.468. The van der Waals surface area contributed by atoms with Crippen molar-refractivity contribution in [2.24, 2.45) is 22.2 Å². The summed E-state index contributed by atoms with van der Waals surface area (Å²) in [6, 6.07) is 0. The molecular weight excluding hydrogens is 156 g/mol. The normalized spacial score (nSPS) is 10.2. The van der Waals surface area contributed by atoms with Gasteiger partial charge in [-0.05, 0) is 13.0 Å². The van der Waals surface area contributed by atoms with Gasteiger partial charge in [-0.15, -0.1) is 0 Å². The molecule has 12 heavy (non-hydrogen) atoms. The van der Waals surface area contributed by atoms with E-state index in [-0.39, 0.29) is 19.3 Å². The first-order valence-electron chi connectivity index (χ1n) is 3.28. The fourth-order valence-electron chi connectivity index (χ4n) is 0.468. The average Bonchev–Trinajstić information content (AvgIpc) is 1.86. The summed E-state index contributed by atoms with van der Waals surface area (Å²) in [6.45, 7) is 1.14. The summed E-state index contributed by atoms with van der Waals surface area (Å²) in [5.41, 5.74) is 15.5. The van der Waals surface area contributed by atoms with Crippen LogP contribution in [0.4, 0.5) is 0 Å². The molecule has 0 bridgehead atoms. The Hall–Kier alpha value is -1.30. The molecule has 0 rings (SSSR count). The van der Waals surface area contributed by atoms with Crippen LogP contribution in [-0.2, 0) is 0 Å². The summed E-state index contributed by atoms with van der Waals surface area (Å²) < 4.78 is 0. The Balaban J connectivity index is 0. The zero-order valence-corrected chi connectivity index (χ0v) is 6.30. The molecule has 0 atom stereocenters. The van der Waals surface area contributed by atoms with Gasteiger partial charge in [-0.2, -0.15) is 0 Å². The van der Waals surface area contributed by atoms with Crippen molar-refractivity contribution in [2.75, 3.05) is 13.1 Å². The van der Waals surface area contributed by atoms with E-state index < -0.39 is 0 Å². The predicted molar refractivity (Wildman–Crippen MR) is 51.9 cm³/mol. The van der Waals surface area contributed by atoms with E-state index in [1.807, 2.05) is 0 Å². The number of nitrogens with two attached hydrogens (primary N) is 3. The molecule has 0 aromatic carbocycles. The van der Waals surface area contributed by atoms with E-state index in [9.17, 15) is 0 Å². The lowest BCUT2D eigenvalue weighted by molar-refractivity contribution is 0.840. The minimum absolute atomic E-state index is 0. The highest BCUT2D eigenvalue weighted by Gasteiger charge is 1.90. The van der Waals surface area contributed by atoms with Crippen LogP contribution < -0.4 is 22.5 Å². The molecule has 0 aliphatic heterocycles. The molecule has 0 amide bonds. The first kappa shape index (κ1) is 13.3. The molecule has 0 aliphatic rings. The van der Waals surface area contributed by atoms with Crippen LogP contribution in [0.25, 0.3) is 0 Å². The third-order valence-electron chi connectivity index (χ3n) is 0.907. The monoisotopic (exact) mass is 174 g/mol. The highest BCUT2D eigenvalue weighted by molar-refractivity contribution is 5.95. The van der Waals surface area contributed by atoms with Crippen molar-refractivity contribution in [1.82, 2.24) is 5.32 Å². The van der Waals surface area contributed by atoms with Crippen molar-refractivity contribution in [3.05, 3.63) is 0 Å². The second kappa shape index (κ2) is 7.80. The smallest absolute Gasteiger partial charge is 0.195 e. The van der Waals surface area contributed by atoms with Crippen LogP contribution in [0, 0.1) is 5.41 Å². The van der Waals surface area contributed by atoms with Gasteiger partial charge in [0.2, 0.25) is 0 Å². The number of nitrogens with one attached hydrogen (secondary N) is 2. The Bertz CT molecular complexity index is 152. The first-order chi connectivity index (χ1) is 5.16. The standard InChI is InChI=1S/C5H14N6.CH4/c6-2-1-3-10-5(9)11-4(7)8;/h1-3,6H2,(H6,7,8,9,10,11);1H4. The molecule has 6 nitrogen and oxygen atoms in total. The van der Waals surface area contributed by atoms with Crippen LogP contribution in [0.1, 0.15) is 13.8 Å². The van der Waals surface area contributed by atoms with Gasteiger partial charge in [0.05, 0.1) is 0 Å². The van der Waals surface area contributed by atoms with Gasteiger partial charge in [0.15, 0.2) is 11.9 Å². The van der Waals surface area contributed by atoms with Gasteiger partial charge in [-0.25, -0.2) is 0 Å². The third-order valence-corrected chi connectivity index (χ3v) is 0.907. The molecule has 0 fully saturated rings. The Labute approximate surface area is 72.7 Å². The predicted octanol–water partition coefficient (Wildman–Crippen LogP) is -1.23. The summed E-state index contributed by atoms with van der Waals surface area (Å²) >= 11 is 0. The van der Waals surface area contributed by atoms with Crippen LogP contribution in [0.3, 0.4) is 0 Å². The Kier molecular flexibility index (Phi) is 8.65. The molecule has 8 N–H and O–H groups in total. The highest BCUT2D eigenvalue weighted by Crippen LogP contribution is 1.75. The maximum atomic E-state index is 6.79. The van der Waals surface area contributed by atoms with Crippen LogP contribution in [0.2, 0.25) is 0 Å². The molecule has 0 saturated heterocycles. The van der Waals surface area contributed by atoms with Crippen LogP contribution in [0.5, 0.6) is 0 Å². The fraction of sp³-hybridized carbons (Fsp3) is 0.667. The van der Waals surface area contributed by atoms with Gasteiger partial charge in [0, 0.05) is 6.54 Å². The van der Waals surface area contributed by atoms with Gasteiger partial charge in [-0.1, -0.05) is 7.43 Å². The second-order valence-electron chi connectivity index (χ2n) is 1.95. The molecule has 0 spiro atoms. The van der Waals surface area contributed by atoms with E-state index in [4.69, 9.17) is 22.6 Å². The zero-order chi connectivity index (χ0) is 8.69. The summed E-state index contributed by atoms with van der Waals surface area (Å²) in [6.07, 6.45) is 0.778. The molecule has 0 aliphatic carbocycles. The number of guanidine groups is 2. The molecule has 6 heteroatoms. The lowest BCUT2D eigenvalue weighted by Crippen LogP contribution is -2.40. The van der Waals surface area contributed by atoms with E-state index in [1.165, 1.54) is 0 Å². The van der Waals surface area contributed by atoms with Gasteiger partial charge in [0.25, 0.3) is 0 Å². The van der Waals surface area contributed by atoms with E-state index in [0.29, 0.717) is 13.1 Å². The van der Waals surface area contributed by atoms with Crippen molar-refractivity contribution in [2.45, 2.75) is 13.8 Å². The number of hydrogen-bond donors (Lipinski definition) is 5. The van der Waals surface area contributed by atoms with E-state index >= 15 is 0 Å². The quantitative estimate of drug-likeness (QED) is 0.208. The SMILES string of the molecule is C.N=C(N)NC(N)=NCCCN. The minimum atomic E-state index is -0.209. The van der Waals surface area contributed by atoms with Crippen molar-refractivity contribution < 1.29 is 0 Å². The molecule has 0 unspecified atom stereocenters. The van der Waals surface area contributed by atoms with Gasteiger partial charge in [-0.3, -0.25) is 15.7 Å². The molecule has 72 valence electrons. The van der Waals surface area contributed by atoms with E-state index in [2.05, 4.69) is 10.3 Å². The van der Waals surface area contributed by atoms with E-state index in [0.717, 1.165) is 6.42 Å². The van der Waals surface area contributed by atoms with Crippen LogP contribution >= 0.6 is 0 Å². The average molecular weight is 174 g/mol. The molecule has 0 aromatic rings. The third kappa shape index (κ3) is 8.70. The van der Waals surface area contributed by atoms with Crippen molar-refractivity contribution >= 4 is 11.9 Å². The minimum Gasteiger partial charge on any atom is -0.370 e. The number of nitrogens with zero attached hydrogens (tertiary/aromatic N) is 1. The first-order valence-corrected chi connectivity index (χ1v) is 3.28. The van der Waals surface area contributed by atoms with Gasteiger partial charge >= 0.3 is 0 Å². The summed E-state index contributed by atoms with van der Waals surface area (Å²) in [7, 11) is 0. The Morgan fingerprint density at radius 3 is 2.42 bits per heavy atom. The number of rotatable bonds is 3. The Morgan fingerprint density at radius 2 is 2.00 bits per heavy atom. The summed E-state index contributed by atoms with van der Waals surface area (Å²) in [4.78, 5) is 3.84. The maximum absolute atomic E-state index is 6.79. The van der Waals surface area contributed by atoms with Crippen molar-refractivity contribution in [1.29, 1.82) is 5.41 Å². The molecule has 0 heterocycles.